The van der Waals surface area contributed by atoms with Gasteiger partial charge in [0.25, 0.3) is 10.0 Å². The molecule has 2 atom stereocenters. The van der Waals surface area contributed by atoms with E-state index in [4.69, 9.17) is 0 Å². The van der Waals surface area contributed by atoms with Gasteiger partial charge in [-0.1, -0.05) is 6.42 Å². The Morgan fingerprint density at radius 1 is 1.56 bits per heavy atom. The van der Waals surface area contributed by atoms with Crippen LogP contribution in [-0.4, -0.2) is 36.1 Å². The number of aryl methyl sites for hydroxylation is 1. The van der Waals surface area contributed by atoms with Crippen LogP contribution in [0.25, 0.3) is 0 Å². The molecule has 0 aliphatic heterocycles. The maximum absolute atomic E-state index is 11.9. The standard InChI is InChI=1S/C11H19N3O3S/c1-8-12-7-11(14-8)18(16,17)13-6-9-3-2-4-10(15)5-9/h7,9-10,13,15H,2-6H2,1H3,(H,12,14). The third-order valence-corrected chi connectivity index (χ3v) is 4.62. The largest absolute Gasteiger partial charge is 0.393 e. The molecule has 1 saturated carbocycles. The van der Waals surface area contributed by atoms with Crippen molar-refractivity contribution in [3.05, 3.63) is 12.0 Å². The van der Waals surface area contributed by atoms with Crippen molar-refractivity contribution >= 4 is 10.0 Å². The molecule has 102 valence electrons. The van der Waals surface area contributed by atoms with Crippen molar-refractivity contribution in [1.82, 2.24) is 14.7 Å². The molecule has 0 saturated heterocycles. The van der Waals surface area contributed by atoms with Gasteiger partial charge in [-0.05, 0) is 32.1 Å². The molecule has 0 amide bonds. The monoisotopic (exact) mass is 273 g/mol. The fourth-order valence-electron chi connectivity index (χ4n) is 2.29. The maximum Gasteiger partial charge on any atom is 0.257 e. The topological polar surface area (TPSA) is 95.1 Å². The lowest BCUT2D eigenvalue weighted by atomic mass is 9.87. The highest BCUT2D eigenvalue weighted by Crippen LogP contribution is 2.23. The number of imidazole rings is 1. The number of nitrogens with one attached hydrogen (secondary N) is 2. The van der Waals surface area contributed by atoms with Crippen LogP contribution in [0.2, 0.25) is 0 Å². The van der Waals surface area contributed by atoms with E-state index >= 15 is 0 Å². The Morgan fingerprint density at radius 2 is 2.33 bits per heavy atom. The molecule has 0 radical (unpaired) electrons. The first-order valence-electron chi connectivity index (χ1n) is 6.17. The first-order chi connectivity index (χ1) is 8.47. The molecule has 2 unspecified atom stereocenters. The first kappa shape index (κ1) is 13.5. The minimum absolute atomic E-state index is 0.0938. The van der Waals surface area contributed by atoms with Gasteiger partial charge in [0.15, 0.2) is 5.03 Å². The van der Waals surface area contributed by atoms with Crippen LogP contribution in [0, 0.1) is 12.8 Å². The van der Waals surface area contributed by atoms with Gasteiger partial charge < -0.3 is 10.1 Å². The van der Waals surface area contributed by atoms with Crippen molar-refractivity contribution in [2.75, 3.05) is 6.54 Å². The summed E-state index contributed by atoms with van der Waals surface area (Å²) in [5.41, 5.74) is 0. The molecule has 3 N–H and O–H groups in total. The van der Waals surface area contributed by atoms with E-state index in [0.29, 0.717) is 18.8 Å². The fraction of sp³-hybridized carbons (Fsp3) is 0.727. The Morgan fingerprint density at radius 3 is 2.94 bits per heavy atom. The van der Waals surface area contributed by atoms with E-state index in [1.54, 1.807) is 6.92 Å². The molecule has 2 rings (SSSR count). The number of rotatable bonds is 4. The number of H-pyrrole nitrogens is 1. The van der Waals surface area contributed by atoms with Gasteiger partial charge in [-0.25, -0.2) is 18.1 Å². The van der Waals surface area contributed by atoms with Crippen molar-refractivity contribution in [3.63, 3.8) is 0 Å². The molecule has 1 aliphatic rings. The van der Waals surface area contributed by atoms with Crippen LogP contribution in [0.5, 0.6) is 0 Å². The molecule has 6 nitrogen and oxygen atoms in total. The van der Waals surface area contributed by atoms with E-state index in [1.165, 1.54) is 6.20 Å². The molecular weight excluding hydrogens is 254 g/mol. The molecular formula is C11H19N3O3S. The number of sulfonamides is 1. The van der Waals surface area contributed by atoms with E-state index < -0.39 is 10.0 Å². The summed E-state index contributed by atoms with van der Waals surface area (Å²) in [4.78, 5) is 6.58. The van der Waals surface area contributed by atoms with E-state index in [9.17, 15) is 13.5 Å². The fourth-order valence-corrected chi connectivity index (χ4v) is 3.37. The minimum Gasteiger partial charge on any atom is -0.393 e. The Balaban J connectivity index is 1.93. The molecule has 18 heavy (non-hydrogen) atoms. The Labute approximate surface area is 107 Å². The second-order valence-corrected chi connectivity index (χ2v) is 6.61. The molecule has 1 aromatic rings. The quantitative estimate of drug-likeness (QED) is 0.746. The lowest BCUT2D eigenvalue weighted by Crippen LogP contribution is -2.33. The lowest BCUT2D eigenvalue weighted by molar-refractivity contribution is 0.102. The van der Waals surface area contributed by atoms with Crippen LogP contribution in [-0.2, 0) is 10.0 Å². The van der Waals surface area contributed by atoms with Crippen LogP contribution in [0.4, 0.5) is 0 Å². The van der Waals surface area contributed by atoms with Crippen molar-refractivity contribution in [2.45, 2.75) is 43.7 Å². The second kappa shape index (κ2) is 5.38. The zero-order chi connectivity index (χ0) is 13.2. The molecule has 1 fully saturated rings. The molecule has 0 bridgehead atoms. The number of aliphatic hydroxyl groups excluding tert-OH is 1. The molecule has 0 aromatic carbocycles. The summed E-state index contributed by atoms with van der Waals surface area (Å²) >= 11 is 0. The summed E-state index contributed by atoms with van der Waals surface area (Å²) in [7, 11) is -3.51. The highest BCUT2D eigenvalue weighted by molar-refractivity contribution is 7.89. The zero-order valence-electron chi connectivity index (χ0n) is 10.4. The number of aliphatic hydroxyl groups is 1. The highest BCUT2D eigenvalue weighted by atomic mass is 32.2. The Kier molecular flexibility index (Phi) is 4.04. The van der Waals surface area contributed by atoms with Gasteiger partial charge >= 0.3 is 0 Å². The summed E-state index contributed by atoms with van der Waals surface area (Å²) in [5.74, 6) is 0.788. The maximum atomic E-state index is 11.9. The third kappa shape index (κ3) is 3.30. The third-order valence-electron chi connectivity index (χ3n) is 3.29. The normalized spacial score (nSPS) is 25.2. The van der Waals surface area contributed by atoms with Gasteiger partial charge in [0, 0.05) is 6.54 Å². The van der Waals surface area contributed by atoms with Gasteiger partial charge in [0.05, 0.1) is 12.3 Å². The van der Waals surface area contributed by atoms with Crippen LogP contribution in [0.3, 0.4) is 0 Å². The molecule has 1 heterocycles. The summed E-state index contributed by atoms with van der Waals surface area (Å²) in [6.07, 6.45) is 4.43. The van der Waals surface area contributed by atoms with Gasteiger partial charge in [0.2, 0.25) is 0 Å². The van der Waals surface area contributed by atoms with Crippen LogP contribution < -0.4 is 4.72 Å². The summed E-state index contributed by atoms with van der Waals surface area (Å²) in [6.45, 7) is 2.08. The van der Waals surface area contributed by atoms with Crippen LogP contribution in [0.1, 0.15) is 31.5 Å². The molecule has 1 aliphatic carbocycles. The Hall–Kier alpha value is -0.920. The van der Waals surface area contributed by atoms with Gasteiger partial charge in [-0.15, -0.1) is 0 Å². The molecule has 0 spiro atoms. The van der Waals surface area contributed by atoms with Crippen molar-refractivity contribution < 1.29 is 13.5 Å². The Bertz CT molecular complexity index is 497. The number of hydrogen-bond acceptors (Lipinski definition) is 4. The summed E-state index contributed by atoms with van der Waals surface area (Å²) in [6, 6.07) is 0. The predicted molar refractivity (Wildman–Crippen MR) is 66.5 cm³/mol. The van der Waals surface area contributed by atoms with Crippen LogP contribution >= 0.6 is 0 Å². The smallest absolute Gasteiger partial charge is 0.257 e. The SMILES string of the molecule is Cc1ncc(S(=O)(=O)NCC2CCCC(O)C2)[nH]1. The zero-order valence-corrected chi connectivity index (χ0v) is 11.2. The number of nitrogens with zero attached hydrogens (tertiary/aromatic N) is 1. The van der Waals surface area contributed by atoms with Gasteiger partial charge in [0.1, 0.15) is 5.82 Å². The van der Waals surface area contributed by atoms with Gasteiger partial charge in [-0.3, -0.25) is 0 Å². The number of aromatic nitrogens is 2. The van der Waals surface area contributed by atoms with E-state index in [1.807, 2.05) is 0 Å². The highest BCUT2D eigenvalue weighted by Gasteiger charge is 2.23. The summed E-state index contributed by atoms with van der Waals surface area (Å²) in [5, 5.41) is 9.63. The van der Waals surface area contributed by atoms with Crippen molar-refractivity contribution in [3.8, 4) is 0 Å². The molecule has 7 heteroatoms. The average molecular weight is 273 g/mol. The molecule has 1 aromatic heterocycles. The van der Waals surface area contributed by atoms with E-state index in [0.717, 1.165) is 19.3 Å². The number of aromatic amines is 1. The summed E-state index contributed by atoms with van der Waals surface area (Å²) < 4.78 is 26.4. The van der Waals surface area contributed by atoms with Crippen molar-refractivity contribution in [1.29, 1.82) is 0 Å². The number of hydrogen-bond donors (Lipinski definition) is 3. The van der Waals surface area contributed by atoms with E-state index in [2.05, 4.69) is 14.7 Å². The first-order valence-corrected chi connectivity index (χ1v) is 7.65. The van der Waals surface area contributed by atoms with Crippen LogP contribution in [0.15, 0.2) is 11.2 Å². The van der Waals surface area contributed by atoms with Crippen molar-refractivity contribution in [2.24, 2.45) is 5.92 Å². The van der Waals surface area contributed by atoms with E-state index in [-0.39, 0.29) is 17.0 Å². The average Bonchev–Trinajstić information content (AvgIpc) is 2.74. The lowest BCUT2D eigenvalue weighted by Gasteiger charge is -2.25. The second-order valence-electron chi connectivity index (χ2n) is 4.87. The van der Waals surface area contributed by atoms with Gasteiger partial charge in [-0.2, -0.15) is 0 Å². The predicted octanol–water partition coefficient (Wildman–Crippen LogP) is 0.548. The minimum atomic E-state index is -3.51.